The molecule has 0 bridgehead atoms. The van der Waals surface area contributed by atoms with Gasteiger partial charge >= 0.3 is 0 Å². The van der Waals surface area contributed by atoms with Crippen molar-refractivity contribution in [3.05, 3.63) is 47.8 Å². The number of primary amides is 1. The lowest BCUT2D eigenvalue weighted by atomic mass is 9.84. The lowest BCUT2D eigenvalue weighted by Crippen LogP contribution is -2.35. The van der Waals surface area contributed by atoms with E-state index in [9.17, 15) is 9.59 Å². The lowest BCUT2D eigenvalue weighted by molar-refractivity contribution is -0.122. The molecule has 0 aliphatic carbocycles. The van der Waals surface area contributed by atoms with Crippen molar-refractivity contribution in [1.82, 2.24) is 9.38 Å². The number of carbonyl (C=O) groups excluding carboxylic acids is 2. The van der Waals surface area contributed by atoms with E-state index in [0.717, 1.165) is 36.1 Å². The SMILES string of the molecule is CCCCCC(=O)c1c(OC)cc(-c2cnc3cc(C(C)(C)C(N)=O)ccn23)cc1OC. The molecule has 170 valence electrons. The van der Waals surface area contributed by atoms with Gasteiger partial charge in [-0.2, -0.15) is 0 Å². The van der Waals surface area contributed by atoms with Crippen LogP contribution in [0.4, 0.5) is 0 Å². The van der Waals surface area contributed by atoms with E-state index in [-0.39, 0.29) is 5.78 Å². The van der Waals surface area contributed by atoms with Crippen molar-refractivity contribution in [1.29, 1.82) is 0 Å². The first kappa shape index (κ1) is 23.3. The van der Waals surface area contributed by atoms with Crippen LogP contribution >= 0.6 is 0 Å². The molecule has 3 aromatic rings. The number of rotatable bonds is 10. The molecule has 32 heavy (non-hydrogen) atoms. The highest BCUT2D eigenvalue weighted by Crippen LogP contribution is 2.37. The van der Waals surface area contributed by atoms with E-state index in [1.165, 1.54) is 0 Å². The van der Waals surface area contributed by atoms with Gasteiger partial charge in [0.2, 0.25) is 5.91 Å². The van der Waals surface area contributed by atoms with Crippen LogP contribution in [0.2, 0.25) is 0 Å². The van der Waals surface area contributed by atoms with Gasteiger partial charge in [0.25, 0.3) is 0 Å². The fourth-order valence-electron chi connectivity index (χ4n) is 3.72. The highest BCUT2D eigenvalue weighted by Gasteiger charge is 2.28. The number of methoxy groups -OCH3 is 2. The summed E-state index contributed by atoms with van der Waals surface area (Å²) in [6, 6.07) is 7.39. The number of nitrogens with two attached hydrogens (primary N) is 1. The van der Waals surface area contributed by atoms with Crippen molar-refractivity contribution in [3.8, 4) is 22.8 Å². The van der Waals surface area contributed by atoms with Gasteiger partial charge in [-0.1, -0.05) is 19.8 Å². The quantitative estimate of drug-likeness (QED) is 0.371. The molecule has 0 radical (unpaired) electrons. The van der Waals surface area contributed by atoms with E-state index in [1.807, 2.05) is 34.9 Å². The third-order valence-corrected chi connectivity index (χ3v) is 5.94. The van der Waals surface area contributed by atoms with E-state index in [1.54, 1.807) is 34.3 Å². The lowest BCUT2D eigenvalue weighted by Gasteiger charge is -2.21. The number of aromatic nitrogens is 2. The second-order valence-electron chi connectivity index (χ2n) is 8.41. The molecule has 1 aromatic carbocycles. The van der Waals surface area contributed by atoms with Crippen LogP contribution in [0.1, 0.15) is 62.4 Å². The summed E-state index contributed by atoms with van der Waals surface area (Å²) in [5.41, 5.74) is 8.31. The third-order valence-electron chi connectivity index (χ3n) is 5.94. The fraction of sp³-hybridized carbons (Fsp3) is 0.400. The number of pyridine rings is 1. The summed E-state index contributed by atoms with van der Waals surface area (Å²) in [5.74, 6) is 0.557. The van der Waals surface area contributed by atoms with Crippen LogP contribution in [0.5, 0.6) is 11.5 Å². The van der Waals surface area contributed by atoms with E-state index in [0.29, 0.717) is 29.1 Å². The fourth-order valence-corrected chi connectivity index (χ4v) is 3.72. The monoisotopic (exact) mass is 437 g/mol. The van der Waals surface area contributed by atoms with E-state index >= 15 is 0 Å². The normalized spacial score (nSPS) is 11.5. The van der Waals surface area contributed by atoms with Crippen molar-refractivity contribution in [2.45, 2.75) is 51.9 Å². The van der Waals surface area contributed by atoms with Crippen molar-refractivity contribution >= 4 is 17.3 Å². The Hall–Kier alpha value is -3.35. The van der Waals surface area contributed by atoms with E-state index in [4.69, 9.17) is 15.2 Å². The van der Waals surface area contributed by atoms with Gasteiger partial charge in [-0.25, -0.2) is 4.98 Å². The zero-order chi connectivity index (χ0) is 23.5. The molecular weight excluding hydrogens is 406 g/mol. The Balaban J connectivity index is 2.06. The summed E-state index contributed by atoms with van der Waals surface area (Å²) >= 11 is 0. The van der Waals surface area contributed by atoms with Gasteiger partial charge in [0.1, 0.15) is 22.7 Å². The largest absolute Gasteiger partial charge is 0.496 e. The highest BCUT2D eigenvalue weighted by atomic mass is 16.5. The van der Waals surface area contributed by atoms with E-state index in [2.05, 4.69) is 11.9 Å². The maximum Gasteiger partial charge on any atom is 0.227 e. The van der Waals surface area contributed by atoms with Crippen LogP contribution in [0.3, 0.4) is 0 Å². The van der Waals surface area contributed by atoms with Gasteiger partial charge in [-0.15, -0.1) is 0 Å². The number of hydrogen-bond acceptors (Lipinski definition) is 5. The minimum absolute atomic E-state index is 0.00941. The number of ether oxygens (including phenoxy) is 2. The molecule has 0 saturated heterocycles. The van der Waals surface area contributed by atoms with Crippen molar-refractivity contribution in [2.24, 2.45) is 5.73 Å². The number of ketones is 1. The van der Waals surface area contributed by atoms with Gasteiger partial charge in [0.05, 0.1) is 31.5 Å². The predicted molar refractivity (Wildman–Crippen MR) is 124 cm³/mol. The zero-order valence-corrected chi connectivity index (χ0v) is 19.4. The van der Waals surface area contributed by atoms with Gasteiger partial charge in [-0.05, 0) is 50.1 Å². The van der Waals surface area contributed by atoms with Crippen LogP contribution in [0, 0.1) is 0 Å². The van der Waals surface area contributed by atoms with Crippen LogP contribution in [-0.2, 0) is 10.2 Å². The van der Waals surface area contributed by atoms with Crippen LogP contribution in [-0.4, -0.2) is 35.3 Å². The Labute approximate surface area is 188 Å². The molecule has 0 aliphatic rings. The molecule has 7 heteroatoms. The Bertz CT molecular complexity index is 1120. The molecule has 2 N–H and O–H groups in total. The number of amides is 1. The topological polar surface area (TPSA) is 95.9 Å². The summed E-state index contributed by atoms with van der Waals surface area (Å²) in [4.78, 5) is 29.2. The average molecular weight is 438 g/mol. The second kappa shape index (κ2) is 9.42. The third kappa shape index (κ3) is 4.33. The number of imidazole rings is 1. The summed E-state index contributed by atoms with van der Waals surface area (Å²) in [5, 5.41) is 0. The van der Waals surface area contributed by atoms with Crippen LogP contribution < -0.4 is 15.2 Å². The molecule has 0 fully saturated rings. The Kier molecular flexibility index (Phi) is 6.87. The van der Waals surface area contributed by atoms with E-state index < -0.39 is 11.3 Å². The summed E-state index contributed by atoms with van der Waals surface area (Å²) in [7, 11) is 3.10. The first-order valence-corrected chi connectivity index (χ1v) is 10.8. The molecule has 7 nitrogen and oxygen atoms in total. The van der Waals surface area contributed by atoms with Crippen molar-refractivity contribution < 1.29 is 19.1 Å². The summed E-state index contributed by atoms with van der Waals surface area (Å²) in [6.45, 7) is 5.68. The Morgan fingerprint density at radius 3 is 2.31 bits per heavy atom. The predicted octanol–water partition coefficient (Wildman–Crippen LogP) is 4.54. The Morgan fingerprint density at radius 2 is 1.75 bits per heavy atom. The molecule has 0 spiro atoms. The molecule has 0 saturated carbocycles. The first-order chi connectivity index (χ1) is 15.2. The molecule has 2 aromatic heterocycles. The number of hydrogen-bond donors (Lipinski definition) is 1. The number of benzene rings is 1. The van der Waals surface area contributed by atoms with Crippen molar-refractivity contribution in [3.63, 3.8) is 0 Å². The van der Waals surface area contributed by atoms with Gasteiger partial charge in [0, 0.05) is 18.2 Å². The van der Waals surface area contributed by atoms with Gasteiger partial charge < -0.3 is 15.2 Å². The minimum Gasteiger partial charge on any atom is -0.496 e. The summed E-state index contributed by atoms with van der Waals surface area (Å²) < 4.78 is 13.1. The summed E-state index contributed by atoms with van der Waals surface area (Å²) in [6.07, 6.45) is 6.94. The minimum atomic E-state index is -0.805. The van der Waals surface area contributed by atoms with Crippen LogP contribution in [0.15, 0.2) is 36.7 Å². The number of nitrogens with zero attached hydrogens (tertiary/aromatic N) is 2. The number of carbonyl (C=O) groups is 2. The average Bonchev–Trinajstić information content (AvgIpc) is 3.21. The number of unbranched alkanes of at least 4 members (excludes halogenated alkanes) is 2. The smallest absolute Gasteiger partial charge is 0.227 e. The highest BCUT2D eigenvalue weighted by molar-refractivity contribution is 6.02. The maximum absolute atomic E-state index is 12.9. The molecule has 3 rings (SSSR count). The molecule has 0 aliphatic heterocycles. The molecule has 2 heterocycles. The molecular formula is C25H31N3O4. The standard InChI is InChI=1S/C25H31N3O4/c1-6-7-8-9-19(29)23-20(31-4)12-16(13-21(23)32-5)18-15-27-22-14-17(10-11-28(18)22)25(2,3)24(26)30/h10-15H,6-9H2,1-5H3,(H2,26,30). The molecule has 1 amide bonds. The van der Waals surface area contributed by atoms with Gasteiger partial charge in [0.15, 0.2) is 5.78 Å². The Morgan fingerprint density at radius 1 is 1.09 bits per heavy atom. The zero-order valence-electron chi connectivity index (χ0n) is 19.4. The van der Waals surface area contributed by atoms with Crippen molar-refractivity contribution in [2.75, 3.05) is 14.2 Å². The molecule has 0 unspecified atom stereocenters. The maximum atomic E-state index is 12.9. The number of fused-ring (bicyclic) bond motifs is 1. The second-order valence-corrected chi connectivity index (χ2v) is 8.41. The molecule has 0 atom stereocenters. The van der Waals surface area contributed by atoms with Crippen LogP contribution in [0.25, 0.3) is 16.9 Å². The number of Topliss-reactive ketones (excluding diaryl/α,β-unsaturated/α-hetero) is 1. The van der Waals surface area contributed by atoms with Gasteiger partial charge in [-0.3, -0.25) is 14.0 Å². The first-order valence-electron chi connectivity index (χ1n) is 10.8.